The molecule has 0 unspecified atom stereocenters. The number of hydrogen-bond acceptors (Lipinski definition) is 3. The van der Waals surface area contributed by atoms with Crippen LogP contribution in [0.2, 0.25) is 0 Å². The highest BCUT2D eigenvalue weighted by Gasteiger charge is 2.08. The minimum absolute atomic E-state index is 0.211. The van der Waals surface area contributed by atoms with Gasteiger partial charge in [-0.05, 0) is 12.1 Å². The van der Waals surface area contributed by atoms with E-state index in [-0.39, 0.29) is 5.56 Å². The van der Waals surface area contributed by atoms with Crippen molar-refractivity contribution < 1.29 is 24.9 Å². The summed E-state index contributed by atoms with van der Waals surface area (Å²) in [7, 11) is 0. The molecule has 0 heterocycles. The van der Waals surface area contributed by atoms with Gasteiger partial charge in [-0.25, -0.2) is 9.59 Å². The molecule has 68 valence electrons. The maximum atomic E-state index is 10.9. The van der Waals surface area contributed by atoms with E-state index in [1.807, 2.05) is 0 Å². The standard InChI is InChI=1S/C8H6O5/c9-6-2-1-4(7(10)11)3-5(6)8(12)13/h1-3,9H,(H,10,11)(H,12,13)/p-1. The number of benzene rings is 1. The molecule has 0 aliphatic carbocycles. The Hall–Kier alpha value is -2.04. The van der Waals surface area contributed by atoms with Gasteiger partial charge in [0.15, 0.2) is 0 Å². The van der Waals surface area contributed by atoms with Gasteiger partial charge in [-0.15, -0.1) is 0 Å². The number of rotatable bonds is 2. The number of carboxylic acid groups (broad SMARTS) is 2. The molecule has 0 radical (unpaired) electrons. The summed E-state index contributed by atoms with van der Waals surface area (Å²) in [4.78, 5) is 20.8. The van der Waals surface area contributed by atoms with Gasteiger partial charge in [0.25, 0.3) is 0 Å². The summed E-state index contributed by atoms with van der Waals surface area (Å²) in [6, 6.07) is 2.83. The predicted octanol–water partition coefficient (Wildman–Crippen LogP) is 0.157. The maximum Gasteiger partial charge on any atom is 0.335 e. The molecule has 13 heavy (non-hydrogen) atoms. The lowest BCUT2D eigenvalue weighted by Gasteiger charge is -2.09. The fourth-order valence-electron chi connectivity index (χ4n) is 0.830. The molecule has 0 aromatic heterocycles. The summed E-state index contributed by atoms with van der Waals surface area (Å²) in [5.74, 6) is -3.38. The number of hydrogen-bond donors (Lipinski definition) is 2. The van der Waals surface area contributed by atoms with Gasteiger partial charge in [-0.1, -0.05) is 11.8 Å². The second-order valence-electron chi connectivity index (χ2n) is 2.32. The Balaban J connectivity index is 3.27. The Morgan fingerprint density at radius 3 is 2.23 bits per heavy atom. The first-order chi connectivity index (χ1) is 6.02. The smallest absolute Gasteiger partial charge is 0.335 e. The van der Waals surface area contributed by atoms with Crippen LogP contribution in [0.1, 0.15) is 20.7 Å². The van der Waals surface area contributed by atoms with Crippen molar-refractivity contribution in [3.63, 3.8) is 0 Å². The van der Waals surface area contributed by atoms with E-state index >= 15 is 0 Å². The molecule has 0 atom stereocenters. The lowest BCUT2D eigenvalue weighted by molar-refractivity contribution is -0.268. The van der Waals surface area contributed by atoms with Crippen LogP contribution >= 0.6 is 0 Å². The predicted molar refractivity (Wildman–Crippen MR) is 39.8 cm³/mol. The highest BCUT2D eigenvalue weighted by atomic mass is 16.4. The minimum atomic E-state index is -1.42. The Morgan fingerprint density at radius 2 is 1.77 bits per heavy atom. The van der Waals surface area contributed by atoms with Gasteiger partial charge in [-0.2, -0.15) is 0 Å². The van der Waals surface area contributed by atoms with Crippen LogP contribution in [0.15, 0.2) is 18.2 Å². The second kappa shape index (κ2) is 3.14. The fourth-order valence-corrected chi connectivity index (χ4v) is 0.830. The maximum absolute atomic E-state index is 10.9. The summed E-state index contributed by atoms with van der Waals surface area (Å²) >= 11 is 0. The van der Waals surface area contributed by atoms with Crippen LogP contribution in [0.4, 0.5) is 0 Å². The third kappa shape index (κ3) is 1.76. The second-order valence-corrected chi connectivity index (χ2v) is 2.32. The summed E-state index contributed by atoms with van der Waals surface area (Å²) in [5, 5.41) is 27.8. The van der Waals surface area contributed by atoms with Gasteiger partial charge in [0.05, 0.1) is 11.1 Å². The Morgan fingerprint density at radius 1 is 1.15 bits per heavy atom. The molecular weight excluding hydrogens is 176 g/mol. The van der Waals surface area contributed by atoms with E-state index in [1.165, 1.54) is 0 Å². The summed E-state index contributed by atoms with van der Waals surface area (Å²) < 4.78 is 0. The highest BCUT2D eigenvalue weighted by Crippen LogP contribution is 2.15. The van der Waals surface area contributed by atoms with Gasteiger partial charge < -0.3 is 15.3 Å². The van der Waals surface area contributed by atoms with E-state index in [0.29, 0.717) is 0 Å². The van der Waals surface area contributed by atoms with E-state index < -0.39 is 23.3 Å². The largest absolute Gasteiger partial charge is 0.872 e. The molecule has 0 spiro atoms. The molecule has 5 nitrogen and oxygen atoms in total. The van der Waals surface area contributed by atoms with E-state index in [4.69, 9.17) is 10.2 Å². The molecule has 1 rings (SSSR count). The Kier molecular flexibility index (Phi) is 2.19. The SMILES string of the molecule is O=C(O)c1ccc([O-])c(C(=O)O)c1. The van der Waals surface area contributed by atoms with Crippen LogP contribution in [0.3, 0.4) is 0 Å². The third-order valence-electron chi connectivity index (χ3n) is 1.46. The van der Waals surface area contributed by atoms with Gasteiger partial charge in [0, 0.05) is 0 Å². The van der Waals surface area contributed by atoms with Crippen molar-refractivity contribution in [2.24, 2.45) is 0 Å². The van der Waals surface area contributed by atoms with Gasteiger partial charge in [0.1, 0.15) is 0 Å². The molecule has 1 aromatic carbocycles. The first-order valence-electron chi connectivity index (χ1n) is 3.30. The topological polar surface area (TPSA) is 97.7 Å². The van der Waals surface area contributed by atoms with E-state index in [9.17, 15) is 14.7 Å². The van der Waals surface area contributed by atoms with E-state index in [2.05, 4.69) is 0 Å². The first kappa shape index (κ1) is 9.05. The number of carbonyl (C=O) groups is 2. The molecule has 0 bridgehead atoms. The van der Waals surface area contributed by atoms with Crippen LogP contribution in [-0.2, 0) is 0 Å². The number of carboxylic acids is 2. The zero-order valence-electron chi connectivity index (χ0n) is 6.35. The lowest BCUT2D eigenvalue weighted by atomic mass is 10.1. The molecule has 0 fully saturated rings. The van der Waals surface area contributed by atoms with Crippen molar-refractivity contribution in [3.8, 4) is 5.75 Å². The van der Waals surface area contributed by atoms with E-state index in [1.54, 1.807) is 0 Å². The van der Waals surface area contributed by atoms with Gasteiger partial charge in [-0.3, -0.25) is 0 Å². The molecule has 0 aliphatic heterocycles. The molecule has 0 saturated carbocycles. The van der Waals surface area contributed by atoms with E-state index in [0.717, 1.165) is 18.2 Å². The minimum Gasteiger partial charge on any atom is -0.872 e. The van der Waals surface area contributed by atoms with Crippen LogP contribution in [0.25, 0.3) is 0 Å². The number of aromatic carboxylic acids is 2. The van der Waals surface area contributed by atoms with Crippen molar-refractivity contribution in [3.05, 3.63) is 29.3 Å². The van der Waals surface area contributed by atoms with Crippen LogP contribution in [-0.4, -0.2) is 22.2 Å². The highest BCUT2D eigenvalue weighted by molar-refractivity contribution is 5.95. The Bertz CT molecular complexity index is 369. The summed E-state index contributed by atoms with van der Waals surface area (Å²) in [6.45, 7) is 0. The van der Waals surface area contributed by atoms with Crippen molar-refractivity contribution in [1.29, 1.82) is 0 Å². The molecule has 0 amide bonds. The van der Waals surface area contributed by atoms with Gasteiger partial charge >= 0.3 is 11.9 Å². The van der Waals surface area contributed by atoms with Crippen LogP contribution in [0, 0.1) is 0 Å². The normalized spacial score (nSPS) is 9.54. The van der Waals surface area contributed by atoms with Crippen molar-refractivity contribution in [2.75, 3.05) is 0 Å². The van der Waals surface area contributed by atoms with Crippen molar-refractivity contribution in [2.45, 2.75) is 0 Å². The fraction of sp³-hybridized carbons (Fsp3) is 0. The van der Waals surface area contributed by atoms with Crippen molar-refractivity contribution in [1.82, 2.24) is 0 Å². The molecule has 2 N–H and O–H groups in total. The van der Waals surface area contributed by atoms with Gasteiger partial charge in [0.2, 0.25) is 0 Å². The molecule has 5 heteroatoms. The third-order valence-corrected chi connectivity index (χ3v) is 1.46. The zero-order valence-corrected chi connectivity index (χ0v) is 6.35. The zero-order chi connectivity index (χ0) is 10.0. The van der Waals surface area contributed by atoms with Crippen LogP contribution < -0.4 is 5.11 Å². The lowest BCUT2D eigenvalue weighted by Crippen LogP contribution is -2.06. The average molecular weight is 181 g/mol. The molecule has 0 saturated heterocycles. The first-order valence-corrected chi connectivity index (χ1v) is 3.30. The summed E-state index contributed by atoms with van der Waals surface area (Å²) in [5.41, 5.74) is -0.739. The van der Waals surface area contributed by atoms with Crippen molar-refractivity contribution >= 4 is 11.9 Å². The Labute approximate surface area is 72.9 Å². The average Bonchev–Trinajstić information content (AvgIpc) is 2.04. The molecular formula is C8H5O5-. The summed E-state index contributed by atoms with van der Waals surface area (Å²) in [6.07, 6.45) is 0. The monoisotopic (exact) mass is 181 g/mol. The quantitative estimate of drug-likeness (QED) is 0.677. The molecule has 0 aliphatic rings. The molecule has 1 aromatic rings. The van der Waals surface area contributed by atoms with Crippen LogP contribution in [0.5, 0.6) is 5.75 Å².